The number of benzene rings is 3. The quantitative estimate of drug-likeness (QED) is 0.105. The van der Waals surface area contributed by atoms with E-state index in [1.165, 1.54) is 19.2 Å². The first-order valence-electron chi connectivity index (χ1n) is 14.9. The zero-order chi connectivity index (χ0) is 32.5. The number of halogens is 1. The summed E-state index contributed by atoms with van der Waals surface area (Å²) < 4.78 is 20.6. The Kier molecular flexibility index (Phi) is 11.3. The van der Waals surface area contributed by atoms with Crippen LogP contribution < -0.4 is 0 Å². The first-order chi connectivity index (χ1) is 21.6. The van der Waals surface area contributed by atoms with Crippen molar-refractivity contribution < 1.29 is 28.9 Å². The molecule has 0 aliphatic rings. The molecule has 1 heterocycles. The van der Waals surface area contributed by atoms with Gasteiger partial charge in [0, 0.05) is 22.9 Å². The lowest BCUT2D eigenvalue weighted by Gasteiger charge is -2.21. The number of aromatic nitrogens is 1. The Morgan fingerprint density at radius 2 is 1.51 bits per heavy atom. The molecule has 0 radical (unpaired) electrons. The number of hydrogen-bond donors (Lipinski definition) is 2. The fourth-order valence-corrected chi connectivity index (χ4v) is 5.62. The molecule has 1 amide bonds. The molecule has 2 N–H and O–H groups in total. The standard InChI is InChI=1S/C36H38FN3O5/c1-24(2)40-31(19-18-29(41)20-30(42)21-32(43)45-3)33(27-14-16-28(37)17-15-27)34(26-12-8-5-9-13-26)35(40)36(44)39(23-38)22-25-10-6-4-7-11-25/h4-17,24,29-30,41-42H,18-22H2,1-3H3. The first-order valence-corrected chi connectivity index (χ1v) is 14.9. The van der Waals surface area contributed by atoms with Crippen LogP contribution in [0.1, 0.15) is 60.9 Å². The van der Waals surface area contributed by atoms with Crippen molar-refractivity contribution in [2.75, 3.05) is 7.11 Å². The van der Waals surface area contributed by atoms with Crippen LogP contribution in [0.3, 0.4) is 0 Å². The van der Waals surface area contributed by atoms with Crippen LogP contribution in [0.5, 0.6) is 0 Å². The molecule has 0 fully saturated rings. The van der Waals surface area contributed by atoms with E-state index in [2.05, 4.69) is 10.9 Å². The number of amides is 1. The molecular weight excluding hydrogens is 573 g/mol. The number of methoxy groups -OCH3 is 1. The molecule has 0 aliphatic carbocycles. The number of ether oxygens (including phenoxy) is 1. The van der Waals surface area contributed by atoms with E-state index in [0.717, 1.165) is 21.7 Å². The Bertz CT molecular complexity index is 1630. The smallest absolute Gasteiger partial charge is 0.308 e. The summed E-state index contributed by atoms with van der Waals surface area (Å²) in [4.78, 5) is 27.2. The second kappa shape index (κ2) is 15.3. The normalized spacial score (nSPS) is 12.4. The minimum Gasteiger partial charge on any atom is -0.469 e. The van der Waals surface area contributed by atoms with Crippen LogP contribution in [0.25, 0.3) is 22.3 Å². The first kappa shape index (κ1) is 33.1. The highest BCUT2D eigenvalue weighted by atomic mass is 19.1. The number of nitriles is 1. The summed E-state index contributed by atoms with van der Waals surface area (Å²) in [7, 11) is 1.24. The average Bonchev–Trinajstić information content (AvgIpc) is 3.38. The van der Waals surface area contributed by atoms with Gasteiger partial charge in [-0.15, -0.1) is 0 Å². The van der Waals surface area contributed by atoms with Crippen molar-refractivity contribution in [1.29, 1.82) is 5.26 Å². The van der Waals surface area contributed by atoms with Gasteiger partial charge in [0.15, 0.2) is 6.19 Å². The zero-order valence-electron chi connectivity index (χ0n) is 25.7. The second-order valence-electron chi connectivity index (χ2n) is 11.2. The van der Waals surface area contributed by atoms with Gasteiger partial charge < -0.3 is 19.5 Å². The molecule has 0 aliphatic heterocycles. The molecule has 2 unspecified atom stereocenters. The van der Waals surface area contributed by atoms with Crippen LogP contribution in [0.2, 0.25) is 0 Å². The number of aliphatic hydroxyl groups is 2. The molecular formula is C36H38FN3O5. The molecule has 0 saturated heterocycles. The molecule has 0 saturated carbocycles. The molecule has 2 atom stereocenters. The van der Waals surface area contributed by atoms with Crippen LogP contribution >= 0.6 is 0 Å². The highest BCUT2D eigenvalue weighted by Crippen LogP contribution is 2.43. The van der Waals surface area contributed by atoms with E-state index < -0.39 is 29.9 Å². The van der Waals surface area contributed by atoms with Crippen molar-refractivity contribution in [3.8, 4) is 28.4 Å². The summed E-state index contributed by atoms with van der Waals surface area (Å²) in [6, 6.07) is 24.4. The molecule has 1 aromatic heterocycles. The predicted molar refractivity (Wildman–Crippen MR) is 169 cm³/mol. The SMILES string of the molecule is COC(=O)CC(O)CC(O)CCc1c(-c2ccc(F)cc2)c(-c2ccccc2)c(C(=O)N(C#N)Cc2ccccc2)n1C(C)C. The number of hydrogen-bond acceptors (Lipinski definition) is 6. The minimum atomic E-state index is -1.08. The maximum Gasteiger partial charge on any atom is 0.308 e. The lowest BCUT2D eigenvalue weighted by molar-refractivity contribution is -0.143. The number of carbonyl (C=O) groups excluding carboxylic acids is 2. The Balaban J connectivity index is 1.89. The Morgan fingerprint density at radius 1 is 0.911 bits per heavy atom. The van der Waals surface area contributed by atoms with E-state index in [9.17, 15) is 29.5 Å². The van der Waals surface area contributed by atoms with Gasteiger partial charge in [-0.25, -0.2) is 9.29 Å². The van der Waals surface area contributed by atoms with E-state index in [1.54, 1.807) is 12.1 Å². The molecule has 9 heteroatoms. The van der Waals surface area contributed by atoms with Crippen LogP contribution in [0.15, 0.2) is 84.9 Å². The van der Waals surface area contributed by atoms with Crippen molar-refractivity contribution >= 4 is 11.9 Å². The lowest BCUT2D eigenvalue weighted by Crippen LogP contribution is -2.29. The third-order valence-corrected chi connectivity index (χ3v) is 7.66. The van der Waals surface area contributed by atoms with Gasteiger partial charge in [0.2, 0.25) is 0 Å². The number of nitrogens with zero attached hydrogens (tertiary/aromatic N) is 3. The van der Waals surface area contributed by atoms with E-state index in [-0.39, 0.29) is 38.3 Å². The summed E-state index contributed by atoms with van der Waals surface area (Å²) >= 11 is 0. The summed E-state index contributed by atoms with van der Waals surface area (Å²) in [5.41, 5.74) is 4.53. The molecule has 8 nitrogen and oxygen atoms in total. The summed E-state index contributed by atoms with van der Waals surface area (Å²) in [5, 5.41) is 31.4. The third kappa shape index (κ3) is 8.04. The largest absolute Gasteiger partial charge is 0.469 e. The fourth-order valence-electron chi connectivity index (χ4n) is 5.62. The van der Waals surface area contributed by atoms with Crippen LogP contribution in [-0.2, 0) is 22.5 Å². The lowest BCUT2D eigenvalue weighted by atomic mass is 9.92. The summed E-state index contributed by atoms with van der Waals surface area (Å²) in [6.07, 6.45) is 0.244. The van der Waals surface area contributed by atoms with Gasteiger partial charge in [0.25, 0.3) is 5.91 Å². The number of rotatable bonds is 13. The molecule has 234 valence electrons. The molecule has 0 spiro atoms. The van der Waals surface area contributed by atoms with Gasteiger partial charge >= 0.3 is 5.97 Å². The van der Waals surface area contributed by atoms with E-state index in [0.29, 0.717) is 22.4 Å². The van der Waals surface area contributed by atoms with Crippen LogP contribution in [0.4, 0.5) is 4.39 Å². The van der Waals surface area contributed by atoms with Gasteiger partial charge in [-0.3, -0.25) is 9.59 Å². The monoisotopic (exact) mass is 611 g/mol. The van der Waals surface area contributed by atoms with Crippen molar-refractivity contribution in [3.05, 3.63) is 108 Å². The topological polar surface area (TPSA) is 116 Å². The van der Waals surface area contributed by atoms with Crippen LogP contribution in [0, 0.1) is 17.3 Å². The zero-order valence-corrected chi connectivity index (χ0v) is 25.7. The Hall–Kier alpha value is -4.78. The van der Waals surface area contributed by atoms with Crippen molar-refractivity contribution in [2.45, 2.75) is 64.3 Å². The van der Waals surface area contributed by atoms with Gasteiger partial charge in [-0.05, 0) is 61.9 Å². The summed E-state index contributed by atoms with van der Waals surface area (Å²) in [5.74, 6) is -1.47. The van der Waals surface area contributed by atoms with Gasteiger partial charge in [-0.2, -0.15) is 5.26 Å². The van der Waals surface area contributed by atoms with Crippen molar-refractivity contribution in [2.24, 2.45) is 0 Å². The Labute approximate surface area is 262 Å². The van der Waals surface area contributed by atoms with E-state index in [4.69, 9.17) is 0 Å². The number of aliphatic hydroxyl groups excluding tert-OH is 2. The van der Waals surface area contributed by atoms with E-state index in [1.807, 2.05) is 79.1 Å². The number of esters is 1. The third-order valence-electron chi connectivity index (χ3n) is 7.66. The maximum absolute atomic E-state index is 14.5. The predicted octanol–water partition coefficient (Wildman–Crippen LogP) is 6.27. The Morgan fingerprint density at radius 3 is 2.09 bits per heavy atom. The van der Waals surface area contributed by atoms with Crippen molar-refractivity contribution in [1.82, 2.24) is 9.47 Å². The van der Waals surface area contributed by atoms with Gasteiger partial charge in [0.1, 0.15) is 11.5 Å². The summed E-state index contributed by atoms with van der Waals surface area (Å²) in [6.45, 7) is 3.95. The molecule has 4 rings (SSSR count). The van der Waals surface area contributed by atoms with E-state index >= 15 is 0 Å². The van der Waals surface area contributed by atoms with Crippen LogP contribution in [-0.4, -0.2) is 50.9 Å². The molecule has 3 aromatic carbocycles. The second-order valence-corrected chi connectivity index (χ2v) is 11.2. The maximum atomic E-state index is 14.5. The average molecular weight is 612 g/mol. The molecule has 0 bridgehead atoms. The fraction of sp³-hybridized carbons (Fsp3) is 0.306. The van der Waals surface area contributed by atoms with Gasteiger partial charge in [-0.1, -0.05) is 72.8 Å². The number of carbonyl (C=O) groups is 2. The highest BCUT2D eigenvalue weighted by molar-refractivity contribution is 6.05. The highest BCUT2D eigenvalue weighted by Gasteiger charge is 2.33. The molecule has 4 aromatic rings. The molecule has 45 heavy (non-hydrogen) atoms. The minimum absolute atomic E-state index is 0.0417. The van der Waals surface area contributed by atoms with Gasteiger partial charge in [0.05, 0.1) is 32.3 Å². The van der Waals surface area contributed by atoms with Crippen molar-refractivity contribution in [3.63, 3.8) is 0 Å².